The topological polar surface area (TPSA) is 91.8 Å². The number of hydrogen-bond donors (Lipinski definition) is 2. The number of ether oxygens (including phenoxy) is 1. The zero-order valence-corrected chi connectivity index (χ0v) is 18.1. The Bertz CT molecular complexity index is 1040. The van der Waals surface area contributed by atoms with Gasteiger partial charge in [0.1, 0.15) is 11.8 Å². The van der Waals surface area contributed by atoms with Crippen LogP contribution in [0.25, 0.3) is 11.3 Å². The Balaban J connectivity index is 1.44. The number of carbonyl (C=O) groups excluding carboxylic acids is 2. The smallest absolute Gasteiger partial charge is 0.410 e. The molecule has 154 valence electrons. The molecule has 1 aliphatic rings. The number of rotatable bonds is 4. The molecule has 3 aromatic rings. The van der Waals surface area contributed by atoms with Crippen molar-refractivity contribution in [2.24, 2.45) is 0 Å². The van der Waals surface area contributed by atoms with E-state index in [4.69, 9.17) is 4.74 Å². The summed E-state index contributed by atoms with van der Waals surface area (Å²) in [6.07, 6.45) is -1.33. The number of anilines is 1. The first-order valence-corrected chi connectivity index (χ1v) is 10.9. The minimum Gasteiger partial charge on any atom is -0.410 e. The van der Waals surface area contributed by atoms with Crippen LogP contribution in [0.5, 0.6) is 5.75 Å². The second-order valence-electron chi connectivity index (χ2n) is 6.77. The lowest BCUT2D eigenvalue weighted by Crippen LogP contribution is -2.44. The van der Waals surface area contributed by atoms with Crippen LogP contribution in [0.2, 0.25) is 0 Å². The van der Waals surface area contributed by atoms with E-state index in [0.717, 1.165) is 15.7 Å². The Morgan fingerprint density at radius 2 is 1.90 bits per heavy atom. The maximum atomic E-state index is 12.8. The van der Waals surface area contributed by atoms with Crippen LogP contribution in [-0.2, 0) is 4.79 Å². The van der Waals surface area contributed by atoms with Gasteiger partial charge in [0.15, 0.2) is 5.13 Å². The summed E-state index contributed by atoms with van der Waals surface area (Å²) >= 11 is 4.70. The predicted octanol–water partition coefficient (Wildman–Crippen LogP) is 4.15. The van der Waals surface area contributed by atoms with Gasteiger partial charge in [0.2, 0.25) is 5.91 Å². The van der Waals surface area contributed by atoms with Gasteiger partial charge in [-0.05, 0) is 24.3 Å². The van der Waals surface area contributed by atoms with Gasteiger partial charge in [-0.1, -0.05) is 46.3 Å². The summed E-state index contributed by atoms with van der Waals surface area (Å²) in [5.74, 6) is -0.0321. The molecule has 0 radical (unpaired) electrons. The number of β-amino-alcohol motifs (C(OH)–C–C–N with tert-alkyl or cyclic N) is 1. The molecule has 2 N–H and O–H groups in total. The van der Waals surface area contributed by atoms with Gasteiger partial charge in [-0.25, -0.2) is 9.78 Å². The average Bonchev–Trinajstić information content (AvgIpc) is 3.36. The molecule has 2 aromatic carbocycles. The number of hydrogen-bond acceptors (Lipinski definition) is 6. The quantitative estimate of drug-likeness (QED) is 0.576. The lowest BCUT2D eigenvalue weighted by Gasteiger charge is -2.22. The molecule has 2 heterocycles. The van der Waals surface area contributed by atoms with E-state index in [1.54, 1.807) is 24.3 Å². The van der Waals surface area contributed by atoms with Gasteiger partial charge in [0, 0.05) is 21.8 Å². The SMILES string of the molecule is O=C(Nc1nc(-c2ccc(Br)cc2)cs1)[C@@H]1C[C@H](O)CN1C(=O)Oc1ccccc1. The van der Waals surface area contributed by atoms with Gasteiger partial charge in [0.25, 0.3) is 0 Å². The van der Waals surface area contributed by atoms with Gasteiger partial charge < -0.3 is 15.2 Å². The summed E-state index contributed by atoms with van der Waals surface area (Å²) in [5, 5.41) is 15.1. The molecular formula is C21H18BrN3O4S. The second-order valence-corrected chi connectivity index (χ2v) is 8.55. The molecule has 0 spiro atoms. The molecule has 1 saturated heterocycles. The largest absolute Gasteiger partial charge is 0.416 e. The zero-order chi connectivity index (χ0) is 21.1. The predicted molar refractivity (Wildman–Crippen MR) is 117 cm³/mol. The van der Waals surface area contributed by atoms with Crippen LogP contribution in [0.4, 0.5) is 9.93 Å². The number of para-hydroxylation sites is 1. The number of aliphatic hydroxyl groups excluding tert-OH is 1. The number of nitrogens with one attached hydrogen (secondary N) is 1. The Hall–Kier alpha value is -2.75. The fraction of sp³-hybridized carbons (Fsp3) is 0.190. The van der Waals surface area contributed by atoms with Crippen molar-refractivity contribution in [3.05, 3.63) is 64.5 Å². The lowest BCUT2D eigenvalue weighted by atomic mass is 10.2. The van der Waals surface area contributed by atoms with Crippen LogP contribution in [0, 0.1) is 0 Å². The van der Waals surface area contributed by atoms with Crippen LogP contribution in [0.1, 0.15) is 6.42 Å². The van der Waals surface area contributed by atoms with Gasteiger partial charge in [0.05, 0.1) is 18.3 Å². The van der Waals surface area contributed by atoms with E-state index in [0.29, 0.717) is 10.9 Å². The third-order valence-electron chi connectivity index (χ3n) is 4.64. The van der Waals surface area contributed by atoms with Crippen molar-refractivity contribution in [1.82, 2.24) is 9.88 Å². The highest BCUT2D eigenvalue weighted by atomic mass is 79.9. The van der Waals surface area contributed by atoms with E-state index < -0.39 is 24.1 Å². The molecule has 2 amide bonds. The van der Waals surface area contributed by atoms with Crippen LogP contribution in [0.3, 0.4) is 0 Å². The number of amides is 2. The Kier molecular flexibility index (Phi) is 6.12. The highest BCUT2D eigenvalue weighted by Gasteiger charge is 2.40. The third-order valence-corrected chi connectivity index (χ3v) is 5.93. The van der Waals surface area contributed by atoms with E-state index in [1.165, 1.54) is 16.2 Å². The lowest BCUT2D eigenvalue weighted by molar-refractivity contribution is -0.119. The minimum atomic E-state index is -0.837. The van der Waals surface area contributed by atoms with Crippen molar-refractivity contribution in [3.63, 3.8) is 0 Å². The fourth-order valence-electron chi connectivity index (χ4n) is 3.19. The molecule has 1 aliphatic heterocycles. The summed E-state index contributed by atoms with van der Waals surface area (Å²) in [5.41, 5.74) is 1.67. The van der Waals surface area contributed by atoms with E-state index in [2.05, 4.69) is 26.2 Å². The number of halogens is 1. The first-order chi connectivity index (χ1) is 14.5. The molecule has 1 fully saturated rings. The maximum absolute atomic E-state index is 12.8. The van der Waals surface area contributed by atoms with E-state index in [1.807, 2.05) is 35.7 Å². The van der Waals surface area contributed by atoms with Crippen molar-refractivity contribution in [2.45, 2.75) is 18.6 Å². The molecule has 2 atom stereocenters. The fourth-order valence-corrected chi connectivity index (χ4v) is 4.17. The number of nitrogens with zero attached hydrogens (tertiary/aromatic N) is 2. The molecule has 0 bridgehead atoms. The molecule has 0 aliphatic carbocycles. The van der Waals surface area contributed by atoms with Crippen LogP contribution in [0.15, 0.2) is 64.5 Å². The van der Waals surface area contributed by atoms with Gasteiger partial charge in [-0.15, -0.1) is 11.3 Å². The molecule has 1 aromatic heterocycles. The number of likely N-dealkylation sites (tertiary alicyclic amines) is 1. The summed E-state index contributed by atoms with van der Waals surface area (Å²) in [6.45, 7) is 0.0335. The van der Waals surface area contributed by atoms with Crippen LogP contribution in [-0.4, -0.2) is 45.7 Å². The molecule has 9 heteroatoms. The van der Waals surface area contributed by atoms with E-state index >= 15 is 0 Å². The number of aromatic nitrogens is 1. The average molecular weight is 488 g/mol. The van der Waals surface area contributed by atoms with Crippen LogP contribution < -0.4 is 10.1 Å². The molecule has 4 rings (SSSR count). The van der Waals surface area contributed by atoms with Gasteiger partial charge in [-0.3, -0.25) is 9.69 Å². The molecule has 0 unspecified atom stereocenters. The minimum absolute atomic E-state index is 0.0335. The number of benzene rings is 2. The summed E-state index contributed by atoms with van der Waals surface area (Å²) in [6, 6.07) is 15.5. The normalized spacial score (nSPS) is 18.3. The van der Waals surface area contributed by atoms with E-state index in [-0.39, 0.29) is 13.0 Å². The first-order valence-electron chi connectivity index (χ1n) is 9.23. The van der Waals surface area contributed by atoms with Gasteiger partial charge in [-0.2, -0.15) is 0 Å². The van der Waals surface area contributed by atoms with Crippen molar-refractivity contribution in [3.8, 4) is 17.0 Å². The van der Waals surface area contributed by atoms with Crippen LogP contribution >= 0.6 is 27.3 Å². The molecular weight excluding hydrogens is 470 g/mol. The van der Waals surface area contributed by atoms with Crippen molar-refractivity contribution < 1.29 is 19.4 Å². The number of aliphatic hydroxyl groups is 1. The van der Waals surface area contributed by atoms with Crippen molar-refractivity contribution in [2.75, 3.05) is 11.9 Å². The van der Waals surface area contributed by atoms with Crippen molar-refractivity contribution in [1.29, 1.82) is 0 Å². The number of carbonyl (C=O) groups is 2. The zero-order valence-electron chi connectivity index (χ0n) is 15.7. The second kappa shape index (κ2) is 8.95. The van der Waals surface area contributed by atoms with Crippen molar-refractivity contribution >= 4 is 44.4 Å². The third kappa shape index (κ3) is 4.69. The summed E-state index contributed by atoms with van der Waals surface area (Å²) in [4.78, 5) is 31.0. The monoisotopic (exact) mass is 487 g/mol. The van der Waals surface area contributed by atoms with Gasteiger partial charge >= 0.3 is 6.09 Å². The highest BCUT2D eigenvalue weighted by molar-refractivity contribution is 9.10. The number of thiazole rings is 1. The Morgan fingerprint density at radius 1 is 1.17 bits per heavy atom. The Labute approximate surface area is 185 Å². The molecule has 30 heavy (non-hydrogen) atoms. The summed E-state index contributed by atoms with van der Waals surface area (Å²) < 4.78 is 6.30. The summed E-state index contributed by atoms with van der Waals surface area (Å²) in [7, 11) is 0. The van der Waals surface area contributed by atoms with E-state index in [9.17, 15) is 14.7 Å². The highest BCUT2D eigenvalue weighted by Crippen LogP contribution is 2.27. The molecule has 0 saturated carbocycles. The first kappa shape index (κ1) is 20.5. The maximum Gasteiger partial charge on any atom is 0.416 e. The Morgan fingerprint density at radius 3 is 2.63 bits per heavy atom. The standard InChI is InChI=1S/C21H18BrN3O4S/c22-14-8-6-13(7-9-14)17-12-30-20(23-17)24-19(27)18-10-15(26)11-25(18)21(28)29-16-4-2-1-3-5-16/h1-9,12,15,18,26H,10-11H2,(H,23,24,27)/t15-,18-/m0/s1. The molecule has 7 nitrogen and oxygen atoms in total.